The average Bonchev–Trinajstić information content (AvgIpc) is 2.74. The van der Waals surface area contributed by atoms with E-state index in [1.165, 1.54) is 11.3 Å². The molecule has 3 heteroatoms. The molecule has 2 atom stereocenters. The predicted octanol–water partition coefficient (Wildman–Crippen LogP) is 3.93. The van der Waals surface area contributed by atoms with Gasteiger partial charge in [0.25, 0.3) is 0 Å². The number of nitrogens with zero attached hydrogens (tertiary/aromatic N) is 1. The molecule has 0 N–H and O–H groups in total. The summed E-state index contributed by atoms with van der Waals surface area (Å²) in [7, 11) is 3.87. The first-order valence-corrected chi connectivity index (χ1v) is 8.16. The summed E-state index contributed by atoms with van der Waals surface area (Å²) in [6.45, 7) is 4.51. The Labute approximate surface area is 137 Å². The SMILES string of the molecule is CO[C@@H]1CC=CC2=C1O[C@@]1(C=C2)N(C)c2ccccc2C1(C)C. The molecule has 1 aromatic carbocycles. The van der Waals surface area contributed by atoms with Crippen LogP contribution in [-0.4, -0.2) is 26.0 Å². The van der Waals surface area contributed by atoms with Crippen molar-refractivity contribution in [1.82, 2.24) is 0 Å². The van der Waals surface area contributed by atoms with E-state index in [0.29, 0.717) is 0 Å². The zero-order valence-electron chi connectivity index (χ0n) is 14.2. The van der Waals surface area contributed by atoms with Crippen LogP contribution in [0.2, 0.25) is 0 Å². The van der Waals surface area contributed by atoms with E-state index in [1.54, 1.807) is 7.11 Å². The summed E-state index contributed by atoms with van der Waals surface area (Å²) >= 11 is 0. The number of allylic oxidation sites excluding steroid dienone is 3. The van der Waals surface area contributed by atoms with Crippen molar-refractivity contribution in [3.63, 3.8) is 0 Å². The Morgan fingerprint density at radius 1 is 1.22 bits per heavy atom. The summed E-state index contributed by atoms with van der Waals surface area (Å²) in [4.78, 5) is 2.26. The molecule has 3 aliphatic rings. The molecule has 0 saturated heterocycles. The second kappa shape index (κ2) is 4.75. The van der Waals surface area contributed by atoms with E-state index in [2.05, 4.69) is 74.4 Å². The van der Waals surface area contributed by atoms with Crippen LogP contribution in [0.1, 0.15) is 25.8 Å². The monoisotopic (exact) mass is 309 g/mol. The molecular formula is C20H23NO2. The molecule has 23 heavy (non-hydrogen) atoms. The molecule has 0 unspecified atom stereocenters. The van der Waals surface area contributed by atoms with Gasteiger partial charge in [0, 0.05) is 25.4 Å². The van der Waals surface area contributed by atoms with Crippen LogP contribution in [0.5, 0.6) is 0 Å². The fraction of sp³-hybridized carbons (Fsp3) is 0.400. The molecule has 1 spiro atoms. The third-order valence-corrected chi connectivity index (χ3v) is 5.60. The summed E-state index contributed by atoms with van der Waals surface area (Å²) < 4.78 is 12.4. The molecular weight excluding hydrogens is 286 g/mol. The lowest BCUT2D eigenvalue weighted by Gasteiger charge is -2.47. The number of hydrogen-bond donors (Lipinski definition) is 0. The van der Waals surface area contributed by atoms with Crippen molar-refractivity contribution in [2.75, 3.05) is 19.1 Å². The first kappa shape index (κ1) is 14.6. The van der Waals surface area contributed by atoms with Crippen molar-refractivity contribution in [3.05, 3.63) is 65.5 Å². The van der Waals surface area contributed by atoms with E-state index in [9.17, 15) is 0 Å². The third-order valence-electron chi connectivity index (χ3n) is 5.60. The Bertz CT molecular complexity index is 744. The number of rotatable bonds is 1. The zero-order chi connectivity index (χ0) is 16.2. The number of ether oxygens (including phenoxy) is 2. The van der Waals surface area contributed by atoms with Crippen molar-refractivity contribution in [2.24, 2.45) is 0 Å². The van der Waals surface area contributed by atoms with Crippen LogP contribution < -0.4 is 4.90 Å². The van der Waals surface area contributed by atoms with E-state index < -0.39 is 5.72 Å². The minimum Gasteiger partial charge on any atom is -0.464 e. The maximum absolute atomic E-state index is 6.69. The number of fused-ring (bicyclic) bond motifs is 1. The molecule has 2 aliphatic heterocycles. The number of likely N-dealkylation sites (N-methyl/N-ethyl adjacent to an activating group) is 1. The first-order valence-electron chi connectivity index (χ1n) is 8.16. The Hall–Kier alpha value is -2.00. The van der Waals surface area contributed by atoms with E-state index in [1.807, 2.05) is 0 Å². The van der Waals surface area contributed by atoms with Crippen LogP contribution >= 0.6 is 0 Å². The highest BCUT2D eigenvalue weighted by molar-refractivity contribution is 5.67. The summed E-state index contributed by atoms with van der Waals surface area (Å²) in [5.41, 5.74) is 2.99. The van der Waals surface area contributed by atoms with Gasteiger partial charge in [0.2, 0.25) is 5.72 Å². The van der Waals surface area contributed by atoms with Gasteiger partial charge in [-0.3, -0.25) is 0 Å². The molecule has 0 saturated carbocycles. The molecule has 1 aliphatic carbocycles. The van der Waals surface area contributed by atoms with Gasteiger partial charge in [-0.05, 0) is 44.1 Å². The van der Waals surface area contributed by atoms with Gasteiger partial charge >= 0.3 is 0 Å². The fourth-order valence-electron chi connectivity index (χ4n) is 4.17. The fourth-order valence-corrected chi connectivity index (χ4v) is 4.17. The smallest absolute Gasteiger partial charge is 0.211 e. The molecule has 0 aromatic heterocycles. The molecule has 4 rings (SSSR count). The highest BCUT2D eigenvalue weighted by Gasteiger charge is 2.58. The van der Waals surface area contributed by atoms with Crippen LogP contribution in [-0.2, 0) is 14.9 Å². The molecule has 1 aromatic rings. The van der Waals surface area contributed by atoms with Crippen molar-refractivity contribution >= 4 is 5.69 Å². The lowest BCUT2D eigenvalue weighted by atomic mass is 9.76. The van der Waals surface area contributed by atoms with Gasteiger partial charge < -0.3 is 14.4 Å². The van der Waals surface area contributed by atoms with Gasteiger partial charge in [0.1, 0.15) is 11.9 Å². The van der Waals surface area contributed by atoms with Crippen LogP contribution in [0.4, 0.5) is 5.69 Å². The predicted molar refractivity (Wildman–Crippen MR) is 92.4 cm³/mol. The van der Waals surface area contributed by atoms with E-state index in [-0.39, 0.29) is 11.5 Å². The number of anilines is 1. The van der Waals surface area contributed by atoms with E-state index >= 15 is 0 Å². The maximum atomic E-state index is 6.69. The lowest BCUT2D eigenvalue weighted by Crippen LogP contribution is -2.56. The number of para-hydroxylation sites is 1. The van der Waals surface area contributed by atoms with Crippen molar-refractivity contribution in [2.45, 2.75) is 37.5 Å². The Balaban J connectivity index is 1.84. The second-order valence-corrected chi connectivity index (χ2v) is 7.02. The topological polar surface area (TPSA) is 21.7 Å². The molecule has 3 nitrogen and oxygen atoms in total. The summed E-state index contributed by atoms with van der Waals surface area (Å²) in [6.07, 6.45) is 9.51. The summed E-state index contributed by atoms with van der Waals surface area (Å²) in [5.74, 6) is 0.949. The molecule has 120 valence electrons. The van der Waals surface area contributed by atoms with Gasteiger partial charge in [-0.2, -0.15) is 0 Å². The summed E-state index contributed by atoms with van der Waals surface area (Å²) in [5, 5.41) is 0. The second-order valence-electron chi connectivity index (χ2n) is 7.02. The first-order chi connectivity index (χ1) is 11.0. The van der Waals surface area contributed by atoms with Crippen LogP contribution in [0.15, 0.2) is 59.9 Å². The number of benzene rings is 1. The van der Waals surface area contributed by atoms with Crippen molar-refractivity contribution in [1.29, 1.82) is 0 Å². The largest absolute Gasteiger partial charge is 0.464 e. The minimum atomic E-state index is -0.516. The number of methoxy groups -OCH3 is 1. The third kappa shape index (κ3) is 1.74. The highest BCUT2D eigenvalue weighted by Crippen LogP contribution is 2.54. The molecule has 2 heterocycles. The normalized spacial score (nSPS) is 30.4. The maximum Gasteiger partial charge on any atom is 0.211 e. The van der Waals surface area contributed by atoms with Gasteiger partial charge in [0.15, 0.2) is 0 Å². The van der Waals surface area contributed by atoms with Crippen LogP contribution in [0.25, 0.3) is 0 Å². The minimum absolute atomic E-state index is 0.00950. The van der Waals surface area contributed by atoms with E-state index in [4.69, 9.17) is 9.47 Å². The zero-order valence-corrected chi connectivity index (χ0v) is 14.2. The van der Waals surface area contributed by atoms with Gasteiger partial charge in [-0.1, -0.05) is 30.4 Å². The Morgan fingerprint density at radius 3 is 2.74 bits per heavy atom. The van der Waals surface area contributed by atoms with E-state index in [0.717, 1.165) is 17.8 Å². The van der Waals surface area contributed by atoms with Gasteiger partial charge in [0.05, 0.1) is 5.41 Å². The van der Waals surface area contributed by atoms with Gasteiger partial charge in [-0.15, -0.1) is 0 Å². The van der Waals surface area contributed by atoms with Crippen molar-refractivity contribution < 1.29 is 9.47 Å². The van der Waals surface area contributed by atoms with Crippen LogP contribution in [0, 0.1) is 0 Å². The summed E-state index contributed by atoms with van der Waals surface area (Å²) in [6, 6.07) is 8.56. The quantitative estimate of drug-likeness (QED) is 0.784. The standard InChI is InChI=1S/C20H23NO2/c1-19(2)15-9-5-6-10-16(15)21(3)20(19)13-12-14-8-7-11-17(22-4)18(14)23-20/h5-10,12-13,17H,11H2,1-4H3/t17-,20-/m1/s1. The average molecular weight is 309 g/mol. The number of hydrogen-bond acceptors (Lipinski definition) is 3. The molecule has 0 amide bonds. The highest BCUT2D eigenvalue weighted by atomic mass is 16.6. The van der Waals surface area contributed by atoms with Gasteiger partial charge in [-0.25, -0.2) is 0 Å². The lowest BCUT2D eigenvalue weighted by molar-refractivity contribution is -0.0436. The van der Waals surface area contributed by atoms with Crippen LogP contribution in [0.3, 0.4) is 0 Å². The molecule has 0 radical (unpaired) electrons. The molecule has 0 bridgehead atoms. The van der Waals surface area contributed by atoms with Crippen molar-refractivity contribution in [3.8, 4) is 0 Å². The Morgan fingerprint density at radius 2 is 2.00 bits per heavy atom. The molecule has 0 fully saturated rings. The Kier molecular flexibility index (Phi) is 3.01.